The van der Waals surface area contributed by atoms with Crippen molar-refractivity contribution < 1.29 is 37.4 Å². The fourth-order valence-electron chi connectivity index (χ4n) is 1.88. The maximum Gasteiger partial charge on any atom is 0.212 e. The SMILES string of the molecule is CCn1c(-c2ccc(OCSC)cc2)[c-]cc(Cl)c1=O.[Y]. The molecule has 1 aromatic heterocycles. The van der Waals surface area contributed by atoms with Crippen LogP contribution in [0.25, 0.3) is 11.3 Å². The molecule has 1 radical (unpaired) electrons. The molecule has 0 N–H and O–H groups in total. The van der Waals surface area contributed by atoms with E-state index in [0.717, 1.165) is 17.0 Å². The van der Waals surface area contributed by atoms with Crippen LogP contribution in [0.3, 0.4) is 0 Å². The van der Waals surface area contributed by atoms with Crippen LogP contribution >= 0.6 is 23.4 Å². The predicted octanol–water partition coefficient (Wildman–Crippen LogP) is 3.69. The number of rotatable bonds is 5. The number of pyridine rings is 1. The molecule has 3 nitrogen and oxygen atoms in total. The van der Waals surface area contributed by atoms with Crippen molar-refractivity contribution in [2.24, 2.45) is 0 Å². The molecule has 0 atom stereocenters. The molecule has 2 aromatic rings. The van der Waals surface area contributed by atoms with Gasteiger partial charge in [0.05, 0.1) is 0 Å². The quantitative estimate of drug-likeness (QED) is 0.569. The largest absolute Gasteiger partial charge is 0.483 e. The van der Waals surface area contributed by atoms with E-state index in [1.807, 2.05) is 37.4 Å². The van der Waals surface area contributed by atoms with E-state index in [9.17, 15) is 4.79 Å². The van der Waals surface area contributed by atoms with Crippen molar-refractivity contribution in [2.75, 3.05) is 12.2 Å². The monoisotopic (exact) mass is 397 g/mol. The molecule has 0 saturated heterocycles. The maximum absolute atomic E-state index is 12.0. The molecular formula is C15H15ClNO2SY-. The molecule has 0 amide bonds. The summed E-state index contributed by atoms with van der Waals surface area (Å²) in [4.78, 5) is 12.0. The Morgan fingerprint density at radius 1 is 1.33 bits per heavy atom. The number of ether oxygens (including phenoxy) is 1. The maximum atomic E-state index is 12.0. The van der Waals surface area contributed by atoms with Gasteiger partial charge in [-0.1, -0.05) is 11.3 Å². The molecule has 0 spiro atoms. The number of thioether (sulfide) groups is 1. The van der Waals surface area contributed by atoms with Crippen molar-refractivity contribution in [1.82, 2.24) is 4.57 Å². The van der Waals surface area contributed by atoms with Crippen LogP contribution < -0.4 is 10.3 Å². The van der Waals surface area contributed by atoms with E-state index in [4.69, 9.17) is 16.3 Å². The number of hydrogen-bond donors (Lipinski definition) is 0. The van der Waals surface area contributed by atoms with Crippen LogP contribution in [0.1, 0.15) is 6.92 Å². The van der Waals surface area contributed by atoms with Gasteiger partial charge in [0.2, 0.25) is 5.56 Å². The van der Waals surface area contributed by atoms with Crippen molar-refractivity contribution in [3.63, 3.8) is 0 Å². The molecule has 0 saturated carbocycles. The third kappa shape index (κ3) is 4.59. The summed E-state index contributed by atoms with van der Waals surface area (Å²) in [5.41, 5.74) is 1.46. The molecule has 0 fully saturated rings. The Morgan fingerprint density at radius 3 is 2.57 bits per heavy atom. The van der Waals surface area contributed by atoms with Gasteiger partial charge >= 0.3 is 0 Å². The van der Waals surface area contributed by atoms with Gasteiger partial charge in [-0.05, 0) is 25.3 Å². The van der Waals surface area contributed by atoms with Gasteiger partial charge in [0.25, 0.3) is 0 Å². The Kier molecular flexibility index (Phi) is 8.03. The van der Waals surface area contributed by atoms with Crippen molar-refractivity contribution in [3.8, 4) is 17.0 Å². The molecule has 109 valence electrons. The average molecular weight is 398 g/mol. The van der Waals surface area contributed by atoms with Gasteiger partial charge in [-0.25, -0.2) is 0 Å². The number of halogens is 1. The first-order valence-electron chi connectivity index (χ1n) is 6.20. The van der Waals surface area contributed by atoms with E-state index in [1.54, 1.807) is 16.3 Å². The normalized spacial score (nSPS) is 10.0. The number of benzene rings is 1. The van der Waals surface area contributed by atoms with Crippen LogP contribution in [0.15, 0.2) is 35.1 Å². The third-order valence-electron chi connectivity index (χ3n) is 2.84. The van der Waals surface area contributed by atoms with Crippen molar-refractivity contribution >= 4 is 23.4 Å². The zero-order chi connectivity index (χ0) is 14.5. The first kappa shape index (κ1) is 18.8. The second-order valence-electron chi connectivity index (χ2n) is 4.11. The zero-order valence-corrected chi connectivity index (χ0v) is 16.3. The van der Waals surface area contributed by atoms with Gasteiger partial charge in [0, 0.05) is 44.3 Å². The minimum absolute atomic E-state index is 0. The summed E-state index contributed by atoms with van der Waals surface area (Å²) in [5, 5.41) is 0.190. The van der Waals surface area contributed by atoms with Crippen LogP contribution in [-0.2, 0) is 39.3 Å². The summed E-state index contributed by atoms with van der Waals surface area (Å²) in [5.74, 6) is 1.42. The summed E-state index contributed by atoms with van der Waals surface area (Å²) in [6, 6.07) is 12.2. The van der Waals surface area contributed by atoms with E-state index in [1.165, 1.54) is 6.07 Å². The van der Waals surface area contributed by atoms with E-state index in [2.05, 4.69) is 6.07 Å². The molecular weight excluding hydrogens is 383 g/mol. The summed E-state index contributed by atoms with van der Waals surface area (Å²) >= 11 is 7.47. The first-order chi connectivity index (χ1) is 9.67. The van der Waals surface area contributed by atoms with E-state index in [-0.39, 0.29) is 43.3 Å². The number of hydrogen-bond acceptors (Lipinski definition) is 3. The molecule has 0 bridgehead atoms. The fourth-order valence-corrected chi connectivity index (χ4v) is 2.29. The van der Waals surface area contributed by atoms with Gasteiger partial charge in [0.1, 0.15) is 11.7 Å². The Bertz CT molecular complexity index is 643. The molecule has 0 aliphatic rings. The molecule has 0 aliphatic heterocycles. The fraction of sp³-hybridized carbons (Fsp3) is 0.267. The average Bonchev–Trinajstić information content (AvgIpc) is 2.48. The van der Waals surface area contributed by atoms with Crippen molar-refractivity contribution in [3.05, 3.63) is 51.8 Å². The van der Waals surface area contributed by atoms with Gasteiger partial charge in [0.15, 0.2) is 0 Å². The molecule has 1 heterocycles. The van der Waals surface area contributed by atoms with E-state index >= 15 is 0 Å². The zero-order valence-electron chi connectivity index (χ0n) is 11.9. The van der Waals surface area contributed by atoms with E-state index < -0.39 is 0 Å². The van der Waals surface area contributed by atoms with Crippen molar-refractivity contribution in [2.45, 2.75) is 13.5 Å². The minimum atomic E-state index is -0.189. The Morgan fingerprint density at radius 2 is 2.00 bits per heavy atom. The third-order valence-corrected chi connectivity index (χ3v) is 3.47. The molecule has 6 heteroatoms. The molecule has 2 rings (SSSR count). The Balaban J connectivity index is 0.00000220. The van der Waals surface area contributed by atoms with Crippen LogP contribution in [0, 0.1) is 6.07 Å². The summed E-state index contributed by atoms with van der Waals surface area (Å²) in [7, 11) is 0. The standard InChI is InChI=1S/C15H15ClNO2S.Y/c1-3-17-14(9-8-13(16)15(17)18)11-4-6-12(7-5-11)19-10-20-2;/h4-8H,3,10H2,1-2H3;/q-1;. The van der Waals surface area contributed by atoms with Crippen LogP contribution in [0.2, 0.25) is 5.02 Å². The van der Waals surface area contributed by atoms with Crippen LogP contribution in [0.5, 0.6) is 5.75 Å². The Hall–Kier alpha value is -0.286. The molecule has 0 aliphatic carbocycles. The van der Waals surface area contributed by atoms with Crippen LogP contribution in [-0.4, -0.2) is 16.8 Å². The smallest absolute Gasteiger partial charge is 0.212 e. The van der Waals surface area contributed by atoms with Crippen LogP contribution in [0.4, 0.5) is 0 Å². The second kappa shape index (κ2) is 8.99. The van der Waals surface area contributed by atoms with Gasteiger partial charge < -0.3 is 9.30 Å². The van der Waals surface area contributed by atoms with Crippen molar-refractivity contribution in [1.29, 1.82) is 0 Å². The molecule has 21 heavy (non-hydrogen) atoms. The molecule has 1 aromatic carbocycles. The van der Waals surface area contributed by atoms with Gasteiger partial charge in [-0.3, -0.25) is 4.79 Å². The minimum Gasteiger partial charge on any atom is -0.483 e. The summed E-state index contributed by atoms with van der Waals surface area (Å²) in [6.07, 6.45) is 1.98. The van der Waals surface area contributed by atoms with Gasteiger partial charge in [-0.2, -0.15) is 23.7 Å². The predicted molar refractivity (Wildman–Crippen MR) is 84.7 cm³/mol. The first-order valence-corrected chi connectivity index (χ1v) is 7.97. The van der Waals surface area contributed by atoms with E-state index in [0.29, 0.717) is 12.5 Å². The molecule has 0 unspecified atom stereocenters. The summed E-state index contributed by atoms with van der Waals surface area (Å²) in [6.45, 7) is 2.46. The summed E-state index contributed by atoms with van der Waals surface area (Å²) < 4.78 is 7.12. The second-order valence-corrected chi connectivity index (χ2v) is 5.33. The number of aromatic nitrogens is 1. The Labute approximate surface area is 158 Å². The topological polar surface area (TPSA) is 31.2 Å². The van der Waals surface area contributed by atoms with Gasteiger partial charge in [-0.15, -0.1) is 23.9 Å². The number of nitrogens with zero attached hydrogens (tertiary/aromatic N) is 1.